The maximum absolute atomic E-state index is 12.8. The number of rotatable bonds is 7. The van der Waals surface area contributed by atoms with Crippen LogP contribution in [0.3, 0.4) is 0 Å². The van der Waals surface area contributed by atoms with Gasteiger partial charge in [0.1, 0.15) is 12.6 Å². The molecular weight excluding hydrogens is 493 g/mol. The van der Waals surface area contributed by atoms with Gasteiger partial charge in [-0.25, -0.2) is 0 Å². The van der Waals surface area contributed by atoms with Crippen LogP contribution in [0.2, 0.25) is 0 Å². The predicted molar refractivity (Wildman–Crippen MR) is 102 cm³/mol. The van der Waals surface area contributed by atoms with E-state index in [2.05, 4.69) is 15.0 Å². The van der Waals surface area contributed by atoms with E-state index in [1.807, 2.05) is 11.8 Å². The van der Waals surface area contributed by atoms with E-state index < -0.39 is 25.0 Å². The van der Waals surface area contributed by atoms with Crippen LogP contribution in [0.25, 0.3) is 0 Å². The molecule has 1 aliphatic rings. The molecule has 162 valence electrons. The van der Waals surface area contributed by atoms with Crippen LogP contribution in [0.15, 0.2) is 4.99 Å². The fourth-order valence-electron chi connectivity index (χ4n) is 2.49. The Kier molecular flexibility index (Phi) is 11.9. The number of piperazine rings is 1. The summed E-state index contributed by atoms with van der Waals surface area (Å²) in [7, 11) is 0. The molecule has 0 spiro atoms. The summed E-state index contributed by atoms with van der Waals surface area (Å²) in [5.41, 5.74) is 0. The number of guanidine groups is 1. The molecule has 1 N–H and O–H groups in total. The van der Waals surface area contributed by atoms with Crippen molar-refractivity contribution >= 4 is 29.9 Å². The lowest BCUT2D eigenvalue weighted by Crippen LogP contribution is -2.56. The van der Waals surface area contributed by atoms with Gasteiger partial charge in [0.15, 0.2) is 5.96 Å². The first-order valence-corrected chi connectivity index (χ1v) is 8.53. The second-order valence-corrected chi connectivity index (χ2v) is 6.00. The number of halogens is 7. The van der Waals surface area contributed by atoms with Gasteiger partial charge < -0.3 is 15.0 Å². The van der Waals surface area contributed by atoms with E-state index in [0.717, 1.165) is 6.92 Å². The lowest BCUT2D eigenvalue weighted by Gasteiger charge is -2.39. The number of hydrogen-bond donors (Lipinski definition) is 1. The normalized spacial score (nSPS) is 18.2. The molecule has 0 aromatic carbocycles. The van der Waals surface area contributed by atoms with Crippen LogP contribution in [0.5, 0.6) is 0 Å². The molecule has 0 amide bonds. The molecule has 0 bridgehead atoms. The summed E-state index contributed by atoms with van der Waals surface area (Å²) in [6, 6.07) is -1.49. The Bertz CT molecular complexity index is 439. The predicted octanol–water partition coefficient (Wildman–Crippen LogP) is 3.11. The average molecular weight is 520 g/mol. The Morgan fingerprint density at radius 2 is 1.70 bits per heavy atom. The van der Waals surface area contributed by atoms with Gasteiger partial charge in [-0.3, -0.25) is 9.89 Å². The Balaban J connectivity index is 0.00000676. The molecule has 5 nitrogen and oxygen atoms in total. The maximum atomic E-state index is 12.8. The van der Waals surface area contributed by atoms with E-state index in [9.17, 15) is 26.3 Å². The number of ether oxygens (including phenoxy) is 1. The Labute approximate surface area is 172 Å². The molecule has 27 heavy (non-hydrogen) atoms. The quantitative estimate of drug-likeness (QED) is 0.184. The van der Waals surface area contributed by atoms with Crippen LogP contribution in [0, 0.1) is 0 Å². The highest BCUT2D eigenvalue weighted by Crippen LogP contribution is 2.25. The van der Waals surface area contributed by atoms with Gasteiger partial charge in [0.25, 0.3) is 0 Å². The first-order valence-electron chi connectivity index (χ1n) is 8.53. The fraction of sp³-hybridized carbons (Fsp3) is 0.933. The minimum absolute atomic E-state index is 0. The van der Waals surface area contributed by atoms with Crippen LogP contribution >= 0.6 is 24.0 Å². The summed E-state index contributed by atoms with van der Waals surface area (Å²) in [4.78, 5) is 7.56. The van der Waals surface area contributed by atoms with E-state index in [1.54, 1.807) is 0 Å². The highest BCUT2D eigenvalue weighted by molar-refractivity contribution is 14.0. The molecule has 1 heterocycles. The van der Waals surface area contributed by atoms with E-state index >= 15 is 0 Å². The van der Waals surface area contributed by atoms with Crippen molar-refractivity contribution in [2.45, 2.75) is 38.7 Å². The number of hydrogen-bond acceptors (Lipinski definition) is 3. The van der Waals surface area contributed by atoms with Crippen molar-refractivity contribution in [1.82, 2.24) is 15.1 Å². The first kappa shape index (κ1) is 26.5. The summed E-state index contributed by atoms with van der Waals surface area (Å²) in [5, 5.41) is 3.06. The van der Waals surface area contributed by atoms with Crippen molar-refractivity contribution in [1.29, 1.82) is 0 Å². The van der Waals surface area contributed by atoms with E-state index in [1.165, 1.54) is 4.90 Å². The zero-order chi connectivity index (χ0) is 19.8. The van der Waals surface area contributed by atoms with E-state index in [0.29, 0.717) is 32.0 Å². The topological polar surface area (TPSA) is 40.1 Å². The van der Waals surface area contributed by atoms with Gasteiger partial charge in [-0.1, -0.05) is 0 Å². The molecule has 0 radical (unpaired) electrons. The molecular formula is C15H27F6IN4O. The van der Waals surface area contributed by atoms with E-state index in [4.69, 9.17) is 0 Å². The molecule has 0 aromatic heterocycles. The number of nitrogens with one attached hydrogen (secondary N) is 1. The average Bonchev–Trinajstić information content (AvgIpc) is 2.54. The Morgan fingerprint density at radius 3 is 2.19 bits per heavy atom. The highest BCUT2D eigenvalue weighted by atomic mass is 127. The third kappa shape index (κ3) is 10.6. The zero-order valence-corrected chi connectivity index (χ0v) is 17.7. The highest BCUT2D eigenvalue weighted by Gasteiger charge is 2.41. The summed E-state index contributed by atoms with van der Waals surface area (Å²) >= 11 is 0. The number of alkyl halides is 6. The third-order valence-electron chi connectivity index (χ3n) is 3.94. The van der Waals surface area contributed by atoms with Crippen molar-refractivity contribution in [3.63, 3.8) is 0 Å². The van der Waals surface area contributed by atoms with Gasteiger partial charge in [0, 0.05) is 45.9 Å². The minimum atomic E-state index is -4.34. The summed E-state index contributed by atoms with van der Waals surface area (Å²) in [5.74, 6) is 0.558. The molecule has 1 unspecified atom stereocenters. The summed E-state index contributed by atoms with van der Waals surface area (Å²) in [6.07, 6.45) is -8.27. The largest absolute Gasteiger partial charge is 0.411 e. The zero-order valence-electron chi connectivity index (χ0n) is 15.4. The van der Waals surface area contributed by atoms with Crippen molar-refractivity contribution < 1.29 is 31.1 Å². The van der Waals surface area contributed by atoms with Crippen molar-refractivity contribution in [2.75, 3.05) is 52.5 Å². The molecule has 0 aromatic rings. The van der Waals surface area contributed by atoms with Gasteiger partial charge in [0.05, 0.1) is 0 Å². The van der Waals surface area contributed by atoms with Crippen LogP contribution in [-0.2, 0) is 4.74 Å². The fourth-order valence-corrected chi connectivity index (χ4v) is 2.49. The van der Waals surface area contributed by atoms with Crippen LogP contribution < -0.4 is 5.32 Å². The van der Waals surface area contributed by atoms with Crippen LogP contribution in [-0.4, -0.2) is 86.6 Å². The van der Waals surface area contributed by atoms with Gasteiger partial charge in [0.2, 0.25) is 0 Å². The molecule has 1 atom stereocenters. The molecule has 1 saturated heterocycles. The van der Waals surface area contributed by atoms with Crippen LogP contribution in [0.4, 0.5) is 26.3 Å². The van der Waals surface area contributed by atoms with Crippen LogP contribution in [0.1, 0.15) is 20.3 Å². The number of nitrogens with zero attached hydrogens (tertiary/aromatic N) is 3. The summed E-state index contributed by atoms with van der Waals surface area (Å²) < 4.78 is 78.7. The number of aliphatic imine (C=N–C) groups is 1. The molecule has 1 fully saturated rings. The lowest BCUT2D eigenvalue weighted by atomic mass is 10.2. The lowest BCUT2D eigenvalue weighted by molar-refractivity contribution is -0.181. The van der Waals surface area contributed by atoms with Gasteiger partial charge in [-0.15, -0.1) is 24.0 Å². The minimum Gasteiger partial charge on any atom is -0.372 e. The molecule has 1 aliphatic heterocycles. The Morgan fingerprint density at radius 1 is 1.11 bits per heavy atom. The summed E-state index contributed by atoms with van der Waals surface area (Å²) in [6.45, 7) is 3.87. The first-order chi connectivity index (χ1) is 12.0. The van der Waals surface area contributed by atoms with Crippen molar-refractivity contribution in [2.24, 2.45) is 4.99 Å². The molecule has 12 heteroatoms. The Hall–Kier alpha value is -0.500. The standard InChI is InChI=1S/C15H26F6N4O.HI/c1-3-22-13(23-5-4-10-26-11-14(16,17)18)25-8-6-24(7-9-25)12(2)15(19,20)21;/h12H,3-11H2,1-2H3,(H,22,23);1H. The SMILES string of the molecule is CCNC(=NCCCOCC(F)(F)F)N1CCN(C(C)C(F)(F)F)CC1.I. The maximum Gasteiger partial charge on any atom is 0.411 e. The van der Waals surface area contributed by atoms with Gasteiger partial charge in [-0.05, 0) is 20.3 Å². The van der Waals surface area contributed by atoms with Crippen molar-refractivity contribution in [3.8, 4) is 0 Å². The van der Waals surface area contributed by atoms with Gasteiger partial charge >= 0.3 is 12.4 Å². The third-order valence-corrected chi connectivity index (χ3v) is 3.94. The van der Waals surface area contributed by atoms with E-state index in [-0.39, 0.29) is 50.2 Å². The second-order valence-electron chi connectivity index (χ2n) is 6.00. The second kappa shape index (κ2) is 12.1. The molecule has 0 aliphatic carbocycles. The molecule has 0 saturated carbocycles. The van der Waals surface area contributed by atoms with Gasteiger partial charge in [-0.2, -0.15) is 26.3 Å². The van der Waals surface area contributed by atoms with Crippen molar-refractivity contribution in [3.05, 3.63) is 0 Å². The smallest absolute Gasteiger partial charge is 0.372 e. The monoisotopic (exact) mass is 520 g/mol. The molecule has 1 rings (SSSR count).